The number of amides is 2. The van der Waals surface area contributed by atoms with E-state index in [1.807, 2.05) is 0 Å². The summed E-state index contributed by atoms with van der Waals surface area (Å²) in [5.74, 6) is -0.751. The number of hydrogen-bond acceptors (Lipinski definition) is 3. The van der Waals surface area contributed by atoms with Crippen LogP contribution in [0.5, 0.6) is 0 Å². The van der Waals surface area contributed by atoms with Crippen LogP contribution < -0.4 is 11.1 Å². The van der Waals surface area contributed by atoms with E-state index in [4.69, 9.17) is 10.5 Å². The molecule has 0 radical (unpaired) electrons. The van der Waals surface area contributed by atoms with E-state index in [2.05, 4.69) is 5.32 Å². The lowest BCUT2D eigenvalue weighted by Crippen LogP contribution is -2.24. The van der Waals surface area contributed by atoms with Gasteiger partial charge in [-0.3, -0.25) is 9.59 Å². The standard InChI is InChI=1S/C6H8N2O3/c7-4(9)1-2-6-8-5(10)3-11-6/h1-2,6H,3H2,(H2,7,9)(H,8,10). The minimum Gasteiger partial charge on any atom is -0.366 e. The maximum absolute atomic E-state index is 10.5. The second-order valence-corrected chi connectivity index (χ2v) is 2.06. The number of carbonyl (C=O) groups excluding carboxylic acids is 2. The lowest BCUT2D eigenvalue weighted by molar-refractivity contribution is -0.119. The smallest absolute Gasteiger partial charge is 0.248 e. The van der Waals surface area contributed by atoms with Gasteiger partial charge >= 0.3 is 0 Å². The highest BCUT2D eigenvalue weighted by molar-refractivity contribution is 5.86. The van der Waals surface area contributed by atoms with Gasteiger partial charge in [-0.05, 0) is 6.08 Å². The number of rotatable bonds is 2. The van der Waals surface area contributed by atoms with Crippen molar-refractivity contribution in [2.24, 2.45) is 5.73 Å². The van der Waals surface area contributed by atoms with Gasteiger partial charge in [-0.25, -0.2) is 0 Å². The van der Waals surface area contributed by atoms with E-state index in [0.717, 1.165) is 6.08 Å². The third-order valence-electron chi connectivity index (χ3n) is 1.13. The zero-order valence-electron chi connectivity index (χ0n) is 5.74. The third kappa shape index (κ3) is 2.38. The predicted octanol–water partition coefficient (Wildman–Crippen LogP) is -1.50. The molecule has 0 aliphatic carbocycles. The zero-order valence-corrected chi connectivity index (χ0v) is 5.74. The molecule has 11 heavy (non-hydrogen) atoms. The fourth-order valence-corrected chi connectivity index (χ4v) is 0.693. The summed E-state index contributed by atoms with van der Waals surface area (Å²) >= 11 is 0. The van der Waals surface area contributed by atoms with Gasteiger partial charge in [-0.2, -0.15) is 0 Å². The first kappa shape index (κ1) is 7.74. The summed E-state index contributed by atoms with van der Waals surface area (Å²) in [7, 11) is 0. The Morgan fingerprint density at radius 1 is 1.82 bits per heavy atom. The van der Waals surface area contributed by atoms with Gasteiger partial charge in [0.05, 0.1) is 0 Å². The molecule has 0 spiro atoms. The fourth-order valence-electron chi connectivity index (χ4n) is 0.693. The Balaban J connectivity index is 2.39. The summed E-state index contributed by atoms with van der Waals surface area (Å²) in [6.07, 6.45) is 2.04. The Labute approximate surface area is 63.2 Å². The van der Waals surface area contributed by atoms with Gasteiger partial charge in [-0.15, -0.1) is 0 Å². The normalized spacial score (nSPS) is 24.0. The summed E-state index contributed by atoms with van der Waals surface area (Å²) < 4.78 is 4.86. The van der Waals surface area contributed by atoms with Crippen LogP contribution in [0.3, 0.4) is 0 Å². The number of primary amides is 1. The minimum absolute atomic E-state index is 0.0355. The Morgan fingerprint density at radius 3 is 3.00 bits per heavy atom. The molecule has 1 aliphatic heterocycles. The third-order valence-corrected chi connectivity index (χ3v) is 1.13. The molecule has 0 bridgehead atoms. The van der Waals surface area contributed by atoms with Crippen molar-refractivity contribution in [2.75, 3.05) is 6.61 Å². The lowest BCUT2D eigenvalue weighted by atomic mass is 10.4. The monoisotopic (exact) mass is 156 g/mol. The average Bonchev–Trinajstić information content (AvgIpc) is 2.31. The zero-order chi connectivity index (χ0) is 8.27. The number of nitrogens with two attached hydrogens (primary N) is 1. The van der Waals surface area contributed by atoms with Crippen LogP contribution in [0, 0.1) is 0 Å². The van der Waals surface area contributed by atoms with Gasteiger partial charge in [0.2, 0.25) is 11.8 Å². The van der Waals surface area contributed by atoms with E-state index < -0.39 is 12.1 Å². The molecule has 1 saturated heterocycles. The van der Waals surface area contributed by atoms with Crippen molar-refractivity contribution in [1.29, 1.82) is 0 Å². The minimum atomic E-state index is -0.560. The molecule has 1 unspecified atom stereocenters. The van der Waals surface area contributed by atoms with Gasteiger partial charge in [-0.1, -0.05) is 0 Å². The highest BCUT2D eigenvalue weighted by atomic mass is 16.5. The van der Waals surface area contributed by atoms with Crippen LogP contribution in [0.1, 0.15) is 0 Å². The molecular weight excluding hydrogens is 148 g/mol. The molecule has 0 aromatic carbocycles. The van der Waals surface area contributed by atoms with Crippen LogP contribution in [-0.4, -0.2) is 24.6 Å². The van der Waals surface area contributed by atoms with Crippen LogP contribution in [0.15, 0.2) is 12.2 Å². The van der Waals surface area contributed by atoms with E-state index in [0.29, 0.717) is 0 Å². The van der Waals surface area contributed by atoms with E-state index in [9.17, 15) is 9.59 Å². The molecule has 5 nitrogen and oxygen atoms in total. The van der Waals surface area contributed by atoms with Crippen molar-refractivity contribution in [1.82, 2.24) is 5.32 Å². The molecule has 60 valence electrons. The average molecular weight is 156 g/mol. The molecule has 1 aliphatic rings. The molecule has 1 rings (SSSR count). The van der Waals surface area contributed by atoms with Crippen LogP contribution >= 0.6 is 0 Å². The number of ether oxygens (including phenoxy) is 1. The SMILES string of the molecule is NC(=O)C=CC1NC(=O)CO1. The Morgan fingerprint density at radius 2 is 2.55 bits per heavy atom. The quantitative estimate of drug-likeness (QED) is 0.477. The molecule has 0 aromatic rings. The van der Waals surface area contributed by atoms with Gasteiger partial charge < -0.3 is 15.8 Å². The van der Waals surface area contributed by atoms with Crippen molar-refractivity contribution in [2.45, 2.75) is 6.23 Å². The topological polar surface area (TPSA) is 81.4 Å². The molecular formula is C6H8N2O3. The van der Waals surface area contributed by atoms with Crippen LogP contribution in [0.4, 0.5) is 0 Å². The van der Waals surface area contributed by atoms with Crippen LogP contribution in [0.2, 0.25) is 0 Å². The summed E-state index contributed by atoms with van der Waals surface area (Å²) in [5, 5.41) is 2.45. The van der Waals surface area contributed by atoms with E-state index in [1.54, 1.807) is 0 Å². The van der Waals surface area contributed by atoms with Crippen molar-refractivity contribution in [3.05, 3.63) is 12.2 Å². The molecule has 0 aromatic heterocycles. The van der Waals surface area contributed by atoms with Crippen LogP contribution in [-0.2, 0) is 14.3 Å². The highest BCUT2D eigenvalue weighted by Gasteiger charge is 2.17. The molecule has 1 heterocycles. The van der Waals surface area contributed by atoms with E-state index in [1.165, 1.54) is 6.08 Å². The highest BCUT2D eigenvalue weighted by Crippen LogP contribution is 1.97. The lowest BCUT2D eigenvalue weighted by Gasteiger charge is -1.99. The second kappa shape index (κ2) is 3.16. The summed E-state index contributed by atoms with van der Waals surface area (Å²) in [5.41, 5.74) is 4.81. The second-order valence-electron chi connectivity index (χ2n) is 2.06. The first-order valence-electron chi connectivity index (χ1n) is 3.07. The van der Waals surface area contributed by atoms with E-state index >= 15 is 0 Å². The predicted molar refractivity (Wildman–Crippen MR) is 36.2 cm³/mol. The van der Waals surface area contributed by atoms with Gasteiger partial charge in [0, 0.05) is 6.08 Å². The maximum Gasteiger partial charge on any atom is 0.248 e. The number of carbonyl (C=O) groups is 2. The van der Waals surface area contributed by atoms with Crippen molar-refractivity contribution < 1.29 is 14.3 Å². The first-order valence-corrected chi connectivity index (χ1v) is 3.07. The van der Waals surface area contributed by atoms with Gasteiger partial charge in [0.15, 0.2) is 0 Å². The fraction of sp³-hybridized carbons (Fsp3) is 0.333. The van der Waals surface area contributed by atoms with Gasteiger partial charge in [0.1, 0.15) is 12.8 Å². The Kier molecular flexibility index (Phi) is 2.22. The van der Waals surface area contributed by atoms with Crippen LogP contribution in [0.25, 0.3) is 0 Å². The number of hydrogen-bond donors (Lipinski definition) is 2. The maximum atomic E-state index is 10.5. The largest absolute Gasteiger partial charge is 0.366 e. The summed E-state index contributed by atoms with van der Waals surface area (Å²) in [4.78, 5) is 20.7. The molecule has 2 amide bonds. The molecule has 0 saturated carbocycles. The molecule has 3 N–H and O–H groups in total. The Hall–Kier alpha value is -1.36. The summed E-state index contributed by atoms with van der Waals surface area (Å²) in [6.45, 7) is 0.0355. The van der Waals surface area contributed by atoms with Crippen molar-refractivity contribution >= 4 is 11.8 Å². The van der Waals surface area contributed by atoms with Gasteiger partial charge in [0.25, 0.3) is 0 Å². The Bertz CT molecular complexity index is 212. The first-order chi connectivity index (χ1) is 5.18. The molecule has 1 atom stereocenters. The number of nitrogens with one attached hydrogen (secondary N) is 1. The van der Waals surface area contributed by atoms with Crippen molar-refractivity contribution in [3.63, 3.8) is 0 Å². The van der Waals surface area contributed by atoms with E-state index in [-0.39, 0.29) is 12.5 Å². The summed E-state index contributed by atoms with van der Waals surface area (Å²) in [6, 6.07) is 0. The molecule has 1 fully saturated rings. The van der Waals surface area contributed by atoms with Crippen molar-refractivity contribution in [3.8, 4) is 0 Å². The molecule has 5 heteroatoms.